The van der Waals surface area contributed by atoms with Gasteiger partial charge in [0, 0.05) is 17.4 Å². The Balaban J connectivity index is 1.37. The third kappa shape index (κ3) is 5.57. The van der Waals surface area contributed by atoms with Crippen molar-refractivity contribution in [2.24, 2.45) is 5.92 Å². The Morgan fingerprint density at radius 1 is 1.00 bits per heavy atom. The summed E-state index contributed by atoms with van der Waals surface area (Å²) in [6, 6.07) is 7.88. The van der Waals surface area contributed by atoms with E-state index in [9.17, 15) is 9.59 Å². The summed E-state index contributed by atoms with van der Waals surface area (Å²) in [4.78, 5) is 23.8. The van der Waals surface area contributed by atoms with E-state index in [0.29, 0.717) is 10.3 Å². The van der Waals surface area contributed by atoms with Crippen molar-refractivity contribution in [3.05, 3.63) is 29.8 Å². The number of hydrazine groups is 1. The van der Waals surface area contributed by atoms with Crippen molar-refractivity contribution in [2.45, 2.75) is 36.7 Å². The molecule has 5 nitrogen and oxygen atoms in total. The summed E-state index contributed by atoms with van der Waals surface area (Å²) in [5.41, 5.74) is 6.23. The van der Waals surface area contributed by atoms with Crippen molar-refractivity contribution in [1.29, 1.82) is 0 Å². The molecule has 3 rings (SSSR count). The summed E-state index contributed by atoms with van der Waals surface area (Å²) in [5.74, 6) is 2.62. The fourth-order valence-corrected chi connectivity index (χ4v) is 5.91. The molecule has 2 amide bonds. The lowest BCUT2D eigenvalue weighted by Gasteiger charge is -2.20. The third-order valence-electron chi connectivity index (χ3n) is 4.45. The van der Waals surface area contributed by atoms with E-state index < -0.39 is 0 Å². The second-order valence-corrected chi connectivity index (χ2v) is 9.03. The number of hydrogen-bond acceptors (Lipinski definition) is 5. The standard InChI is InChI=1S/C18H24N2O3S2/c21-16(19-20-17(22)13-4-2-1-3-5-13)12-23-15-8-6-14(7-9-15)18-24-10-11-25-18/h6-9,13,18H,1-5,10-12H2,(H,19,21)(H,20,22). The number of carbonyl (C=O) groups is 2. The summed E-state index contributed by atoms with van der Waals surface area (Å²) in [5, 5.41) is 0. The van der Waals surface area contributed by atoms with Crippen LogP contribution < -0.4 is 15.6 Å². The molecule has 0 unspecified atom stereocenters. The first-order valence-corrected chi connectivity index (χ1v) is 10.9. The summed E-state index contributed by atoms with van der Waals surface area (Å²) in [7, 11) is 0. The van der Waals surface area contributed by atoms with E-state index in [2.05, 4.69) is 10.9 Å². The van der Waals surface area contributed by atoms with Crippen molar-refractivity contribution in [1.82, 2.24) is 10.9 Å². The molecule has 0 radical (unpaired) electrons. The first-order chi connectivity index (χ1) is 12.2. The maximum Gasteiger partial charge on any atom is 0.276 e. The molecular formula is C18H24N2O3S2. The molecule has 1 saturated carbocycles. The van der Waals surface area contributed by atoms with E-state index in [0.717, 1.165) is 25.7 Å². The van der Waals surface area contributed by atoms with E-state index >= 15 is 0 Å². The van der Waals surface area contributed by atoms with Gasteiger partial charge >= 0.3 is 0 Å². The zero-order valence-electron chi connectivity index (χ0n) is 14.2. The van der Waals surface area contributed by atoms with Crippen LogP contribution in [0.25, 0.3) is 0 Å². The highest BCUT2D eigenvalue weighted by atomic mass is 32.2. The van der Waals surface area contributed by atoms with Crippen molar-refractivity contribution in [3.63, 3.8) is 0 Å². The summed E-state index contributed by atoms with van der Waals surface area (Å²) in [6.45, 7) is -0.114. The van der Waals surface area contributed by atoms with Crippen LogP contribution in [-0.2, 0) is 9.59 Å². The molecule has 0 atom stereocenters. The molecule has 0 bridgehead atoms. The Morgan fingerprint density at radius 2 is 1.68 bits per heavy atom. The van der Waals surface area contributed by atoms with Crippen LogP contribution in [0.1, 0.15) is 42.2 Å². The zero-order valence-corrected chi connectivity index (χ0v) is 15.8. The Bertz CT molecular complexity index is 582. The second-order valence-electron chi connectivity index (χ2n) is 6.30. The van der Waals surface area contributed by atoms with Crippen LogP contribution in [0, 0.1) is 5.92 Å². The molecule has 1 aromatic rings. The molecule has 1 heterocycles. The first kappa shape index (κ1) is 18.5. The lowest BCUT2D eigenvalue weighted by atomic mass is 9.89. The average molecular weight is 381 g/mol. The van der Waals surface area contributed by atoms with Gasteiger partial charge in [0.25, 0.3) is 5.91 Å². The number of rotatable bonds is 5. The monoisotopic (exact) mass is 380 g/mol. The normalized spacial score (nSPS) is 18.7. The number of hydrogen-bond donors (Lipinski definition) is 2. The zero-order chi connectivity index (χ0) is 17.5. The van der Waals surface area contributed by atoms with Gasteiger partial charge in [-0.2, -0.15) is 0 Å². The number of thioether (sulfide) groups is 2. The first-order valence-electron chi connectivity index (χ1n) is 8.77. The Morgan fingerprint density at radius 3 is 2.36 bits per heavy atom. The highest BCUT2D eigenvalue weighted by molar-refractivity contribution is 8.19. The number of benzene rings is 1. The minimum Gasteiger partial charge on any atom is -0.484 e. The van der Waals surface area contributed by atoms with E-state index in [-0.39, 0.29) is 24.3 Å². The Hall–Kier alpha value is -1.34. The summed E-state index contributed by atoms with van der Waals surface area (Å²) >= 11 is 3.92. The van der Waals surface area contributed by atoms with Crippen LogP contribution >= 0.6 is 23.5 Å². The average Bonchev–Trinajstić information content (AvgIpc) is 3.20. The van der Waals surface area contributed by atoms with E-state index in [1.807, 2.05) is 47.8 Å². The fraction of sp³-hybridized carbons (Fsp3) is 0.556. The maximum atomic E-state index is 12.0. The molecule has 1 saturated heterocycles. The lowest BCUT2D eigenvalue weighted by molar-refractivity contribution is -0.132. The van der Waals surface area contributed by atoms with Crippen molar-refractivity contribution in [3.8, 4) is 5.75 Å². The van der Waals surface area contributed by atoms with Gasteiger partial charge in [0.2, 0.25) is 5.91 Å². The molecule has 2 aliphatic rings. The van der Waals surface area contributed by atoms with Gasteiger partial charge < -0.3 is 4.74 Å². The van der Waals surface area contributed by atoms with Gasteiger partial charge in [-0.3, -0.25) is 20.4 Å². The minimum atomic E-state index is -0.352. The quantitative estimate of drug-likeness (QED) is 0.768. The smallest absolute Gasteiger partial charge is 0.276 e. The van der Waals surface area contributed by atoms with Gasteiger partial charge in [0.15, 0.2) is 6.61 Å². The van der Waals surface area contributed by atoms with Crippen LogP contribution in [0.5, 0.6) is 5.75 Å². The highest BCUT2D eigenvalue weighted by Gasteiger charge is 2.21. The van der Waals surface area contributed by atoms with Gasteiger partial charge in [0.1, 0.15) is 5.75 Å². The van der Waals surface area contributed by atoms with Gasteiger partial charge in [0.05, 0.1) is 4.58 Å². The van der Waals surface area contributed by atoms with Crippen molar-refractivity contribution >= 4 is 35.3 Å². The number of amides is 2. The molecule has 0 spiro atoms. The molecule has 2 fully saturated rings. The molecule has 1 aliphatic carbocycles. The molecule has 1 aromatic carbocycles. The Kier molecular flexibility index (Phi) is 6.93. The van der Waals surface area contributed by atoms with Crippen molar-refractivity contribution < 1.29 is 14.3 Å². The topological polar surface area (TPSA) is 67.4 Å². The van der Waals surface area contributed by atoms with Crippen molar-refractivity contribution in [2.75, 3.05) is 18.1 Å². The molecule has 2 N–H and O–H groups in total. The van der Waals surface area contributed by atoms with Gasteiger partial charge in [-0.15, -0.1) is 23.5 Å². The van der Waals surface area contributed by atoms with Crippen LogP contribution in [-0.4, -0.2) is 29.9 Å². The predicted molar refractivity (Wildman–Crippen MR) is 102 cm³/mol. The Labute approximate surface area is 157 Å². The highest BCUT2D eigenvalue weighted by Crippen LogP contribution is 2.45. The van der Waals surface area contributed by atoms with Crippen LogP contribution in [0.4, 0.5) is 0 Å². The van der Waals surface area contributed by atoms with Crippen LogP contribution in [0.2, 0.25) is 0 Å². The molecule has 136 valence electrons. The predicted octanol–water partition coefficient (Wildman–Crippen LogP) is 3.27. The van der Waals surface area contributed by atoms with E-state index in [1.165, 1.54) is 23.5 Å². The maximum absolute atomic E-state index is 12.0. The van der Waals surface area contributed by atoms with Gasteiger partial charge in [-0.1, -0.05) is 31.4 Å². The fourth-order valence-electron chi connectivity index (χ4n) is 3.06. The second kappa shape index (κ2) is 9.38. The van der Waals surface area contributed by atoms with Crippen LogP contribution in [0.15, 0.2) is 24.3 Å². The SMILES string of the molecule is O=C(COc1ccc(C2SCCS2)cc1)NNC(=O)C1CCCCC1. The minimum absolute atomic E-state index is 0.0221. The lowest BCUT2D eigenvalue weighted by Crippen LogP contribution is -2.46. The summed E-state index contributed by atoms with van der Waals surface area (Å²) < 4.78 is 5.99. The number of nitrogens with one attached hydrogen (secondary N) is 2. The largest absolute Gasteiger partial charge is 0.484 e. The summed E-state index contributed by atoms with van der Waals surface area (Å²) in [6.07, 6.45) is 5.18. The molecule has 25 heavy (non-hydrogen) atoms. The van der Waals surface area contributed by atoms with Crippen LogP contribution in [0.3, 0.4) is 0 Å². The van der Waals surface area contributed by atoms with Gasteiger partial charge in [-0.05, 0) is 30.5 Å². The number of ether oxygens (including phenoxy) is 1. The number of carbonyl (C=O) groups excluding carboxylic acids is 2. The third-order valence-corrected chi connectivity index (χ3v) is 7.55. The molecular weight excluding hydrogens is 356 g/mol. The molecule has 0 aromatic heterocycles. The molecule has 1 aliphatic heterocycles. The van der Waals surface area contributed by atoms with Gasteiger partial charge in [-0.25, -0.2) is 0 Å². The van der Waals surface area contributed by atoms with E-state index in [1.54, 1.807) is 0 Å². The van der Waals surface area contributed by atoms with E-state index in [4.69, 9.17) is 4.74 Å². The molecule has 7 heteroatoms.